The molecule has 1 aliphatic heterocycles. The van der Waals surface area contributed by atoms with Crippen molar-refractivity contribution in [3.63, 3.8) is 0 Å². The summed E-state index contributed by atoms with van der Waals surface area (Å²) in [6, 6.07) is -0.156. The summed E-state index contributed by atoms with van der Waals surface area (Å²) >= 11 is 0. The summed E-state index contributed by atoms with van der Waals surface area (Å²) in [5, 5.41) is 2.71. The van der Waals surface area contributed by atoms with E-state index in [9.17, 15) is 4.79 Å². The minimum Gasteiger partial charge on any atom is -0.352 e. The number of hydrogen-bond acceptors (Lipinski definition) is 2. The first kappa shape index (κ1) is 8.33. The van der Waals surface area contributed by atoms with Crippen molar-refractivity contribution in [2.24, 2.45) is 5.73 Å². The van der Waals surface area contributed by atoms with Crippen LogP contribution in [0.15, 0.2) is 0 Å². The van der Waals surface area contributed by atoms with Gasteiger partial charge >= 0.3 is 6.03 Å². The highest BCUT2D eigenvalue weighted by atomic mass is 16.2. The number of primary amides is 1. The van der Waals surface area contributed by atoms with Gasteiger partial charge in [0, 0.05) is 12.6 Å². The zero-order valence-electron chi connectivity index (χ0n) is 6.84. The van der Waals surface area contributed by atoms with Crippen LogP contribution in [0.5, 0.6) is 0 Å². The van der Waals surface area contributed by atoms with Gasteiger partial charge in [-0.2, -0.15) is 0 Å². The normalized spacial score (nSPS) is 26.5. The molecule has 64 valence electrons. The number of nitrogens with two attached hydrogens (primary N) is 1. The number of carbonyl (C=O) groups is 1. The van der Waals surface area contributed by atoms with Crippen molar-refractivity contribution in [2.45, 2.75) is 18.9 Å². The maximum absolute atomic E-state index is 10.5. The van der Waals surface area contributed by atoms with Gasteiger partial charge in [0.25, 0.3) is 0 Å². The molecule has 0 aromatic carbocycles. The minimum atomic E-state index is -0.412. The molecule has 0 spiro atoms. The molecule has 0 aliphatic carbocycles. The third-order valence-electron chi connectivity index (χ3n) is 1.97. The van der Waals surface area contributed by atoms with Crippen molar-refractivity contribution >= 4 is 6.03 Å². The zero-order chi connectivity index (χ0) is 8.27. The Kier molecular flexibility index (Phi) is 2.70. The molecule has 0 unspecified atom stereocenters. The molecule has 1 atom stereocenters. The molecule has 1 rings (SSSR count). The van der Waals surface area contributed by atoms with Crippen LogP contribution in [0.4, 0.5) is 4.79 Å². The van der Waals surface area contributed by atoms with E-state index in [1.165, 1.54) is 0 Å². The Balaban J connectivity index is 2.28. The van der Waals surface area contributed by atoms with Gasteiger partial charge in [-0.1, -0.05) is 0 Å². The van der Waals surface area contributed by atoms with Crippen LogP contribution in [0.25, 0.3) is 0 Å². The number of rotatable bonds is 1. The van der Waals surface area contributed by atoms with Crippen LogP contribution in [-0.2, 0) is 0 Å². The lowest BCUT2D eigenvalue weighted by atomic mass is 10.1. The number of likely N-dealkylation sites (N-methyl/N-ethyl adjacent to an activating group) is 1. The van der Waals surface area contributed by atoms with Gasteiger partial charge in [0.15, 0.2) is 0 Å². The molecular weight excluding hydrogens is 142 g/mol. The second-order valence-corrected chi connectivity index (χ2v) is 3.11. The molecule has 0 saturated carbocycles. The third kappa shape index (κ3) is 2.76. The molecule has 3 N–H and O–H groups in total. The summed E-state index contributed by atoms with van der Waals surface area (Å²) in [5.74, 6) is 0. The van der Waals surface area contributed by atoms with Crippen molar-refractivity contribution < 1.29 is 4.79 Å². The summed E-state index contributed by atoms with van der Waals surface area (Å²) in [4.78, 5) is 12.7. The molecule has 0 bridgehead atoms. The predicted molar refractivity (Wildman–Crippen MR) is 43.2 cm³/mol. The van der Waals surface area contributed by atoms with Gasteiger partial charge in [-0.05, 0) is 26.4 Å². The Hall–Kier alpha value is -0.770. The van der Waals surface area contributed by atoms with Gasteiger partial charge in [0.1, 0.15) is 0 Å². The molecule has 4 nitrogen and oxygen atoms in total. The number of likely N-dealkylation sites (tertiary alicyclic amines) is 1. The number of urea groups is 1. The van der Waals surface area contributed by atoms with Crippen molar-refractivity contribution in [3.8, 4) is 0 Å². The van der Waals surface area contributed by atoms with E-state index < -0.39 is 6.03 Å². The molecule has 1 saturated heterocycles. The maximum Gasteiger partial charge on any atom is 0.312 e. The number of nitrogens with zero attached hydrogens (tertiary/aromatic N) is 1. The lowest BCUT2D eigenvalue weighted by Gasteiger charge is -2.29. The van der Waals surface area contributed by atoms with Gasteiger partial charge in [-0.25, -0.2) is 4.79 Å². The molecule has 11 heavy (non-hydrogen) atoms. The van der Waals surface area contributed by atoms with Gasteiger partial charge in [0.2, 0.25) is 0 Å². The van der Waals surface area contributed by atoms with Crippen LogP contribution in [-0.4, -0.2) is 37.1 Å². The van der Waals surface area contributed by atoms with Crippen LogP contribution in [0.1, 0.15) is 12.8 Å². The highest BCUT2D eigenvalue weighted by molar-refractivity contribution is 5.71. The molecule has 1 aliphatic rings. The fourth-order valence-electron chi connectivity index (χ4n) is 1.49. The van der Waals surface area contributed by atoms with Crippen molar-refractivity contribution in [3.05, 3.63) is 0 Å². The fraction of sp³-hybridized carbons (Fsp3) is 0.857. The standard InChI is InChI=1S/C7H15N3O/c1-10-4-2-3-6(5-10)9-7(8)11/h6H,2-5H2,1H3,(H3,8,9,11)/t6-/m0/s1. The van der Waals surface area contributed by atoms with Crippen LogP contribution < -0.4 is 11.1 Å². The Morgan fingerprint density at radius 2 is 2.45 bits per heavy atom. The second kappa shape index (κ2) is 3.57. The first-order valence-corrected chi connectivity index (χ1v) is 3.93. The third-order valence-corrected chi connectivity index (χ3v) is 1.97. The topological polar surface area (TPSA) is 58.4 Å². The molecule has 1 fully saturated rings. The van der Waals surface area contributed by atoms with Crippen LogP contribution in [0.3, 0.4) is 0 Å². The SMILES string of the molecule is CN1CCC[C@H](NC(N)=O)C1. The summed E-state index contributed by atoms with van der Waals surface area (Å²) in [7, 11) is 2.05. The molecule has 2 amide bonds. The first-order valence-electron chi connectivity index (χ1n) is 3.93. The van der Waals surface area contributed by atoms with Crippen molar-refractivity contribution in [2.75, 3.05) is 20.1 Å². The van der Waals surface area contributed by atoms with E-state index in [0.717, 1.165) is 25.9 Å². The highest BCUT2D eigenvalue weighted by Crippen LogP contribution is 2.06. The first-order chi connectivity index (χ1) is 5.18. The molecule has 1 heterocycles. The van der Waals surface area contributed by atoms with Crippen molar-refractivity contribution in [1.29, 1.82) is 0 Å². The summed E-state index contributed by atoms with van der Waals surface area (Å²) in [6.07, 6.45) is 2.19. The molecule has 0 radical (unpaired) electrons. The fourth-order valence-corrected chi connectivity index (χ4v) is 1.49. The van der Waals surface area contributed by atoms with E-state index in [2.05, 4.69) is 17.3 Å². The average molecular weight is 157 g/mol. The number of nitrogens with one attached hydrogen (secondary N) is 1. The second-order valence-electron chi connectivity index (χ2n) is 3.11. The van der Waals surface area contributed by atoms with E-state index in [-0.39, 0.29) is 6.04 Å². The van der Waals surface area contributed by atoms with E-state index in [1.807, 2.05) is 0 Å². The van der Waals surface area contributed by atoms with Gasteiger partial charge in [-0.3, -0.25) is 0 Å². The Labute approximate surface area is 66.7 Å². The number of hydrogen-bond donors (Lipinski definition) is 2. The Morgan fingerprint density at radius 3 is 3.00 bits per heavy atom. The maximum atomic E-state index is 10.5. The summed E-state index contributed by atoms with van der Waals surface area (Å²) < 4.78 is 0. The van der Waals surface area contributed by atoms with Crippen LogP contribution in [0.2, 0.25) is 0 Å². The van der Waals surface area contributed by atoms with Gasteiger partial charge in [-0.15, -0.1) is 0 Å². The number of carbonyl (C=O) groups excluding carboxylic acids is 1. The number of piperidine rings is 1. The van der Waals surface area contributed by atoms with Gasteiger partial charge in [0.05, 0.1) is 0 Å². The Bertz CT molecular complexity index is 149. The molecule has 0 aromatic rings. The van der Waals surface area contributed by atoms with E-state index in [1.54, 1.807) is 0 Å². The lowest BCUT2D eigenvalue weighted by Crippen LogP contribution is -2.47. The minimum absolute atomic E-state index is 0.256. The summed E-state index contributed by atoms with van der Waals surface area (Å²) in [5.41, 5.74) is 5.00. The lowest BCUT2D eigenvalue weighted by molar-refractivity contribution is 0.214. The smallest absolute Gasteiger partial charge is 0.312 e. The number of amides is 2. The molecule has 4 heteroatoms. The van der Waals surface area contributed by atoms with Crippen molar-refractivity contribution in [1.82, 2.24) is 10.2 Å². The molecular formula is C7H15N3O. The highest BCUT2D eigenvalue weighted by Gasteiger charge is 2.17. The van der Waals surface area contributed by atoms with E-state index in [4.69, 9.17) is 5.73 Å². The largest absolute Gasteiger partial charge is 0.352 e. The summed E-state index contributed by atoms with van der Waals surface area (Å²) in [6.45, 7) is 2.04. The van der Waals surface area contributed by atoms with E-state index in [0.29, 0.717) is 0 Å². The van der Waals surface area contributed by atoms with E-state index >= 15 is 0 Å². The van der Waals surface area contributed by atoms with Crippen LogP contribution in [0, 0.1) is 0 Å². The predicted octanol–water partition coefficient (Wildman–Crippen LogP) is -0.251. The quantitative estimate of drug-likeness (QED) is 0.551. The van der Waals surface area contributed by atoms with Crippen LogP contribution >= 0.6 is 0 Å². The average Bonchev–Trinajstić information content (AvgIpc) is 1.85. The Morgan fingerprint density at radius 1 is 1.73 bits per heavy atom. The van der Waals surface area contributed by atoms with Gasteiger partial charge < -0.3 is 16.0 Å². The zero-order valence-corrected chi connectivity index (χ0v) is 6.84. The molecule has 0 aromatic heterocycles. The monoisotopic (exact) mass is 157 g/mol.